The van der Waals surface area contributed by atoms with E-state index >= 15 is 0 Å². The Labute approximate surface area is 158 Å². The fourth-order valence-corrected chi connectivity index (χ4v) is 4.56. The van der Waals surface area contributed by atoms with Gasteiger partial charge in [-0.15, -0.1) is 11.3 Å². The first-order valence-electron chi connectivity index (χ1n) is 8.86. The molecule has 2 N–H and O–H groups in total. The van der Waals surface area contributed by atoms with Crippen LogP contribution in [0.4, 0.5) is 5.00 Å². The summed E-state index contributed by atoms with van der Waals surface area (Å²) in [4.78, 5) is 27.6. The first kappa shape index (κ1) is 18.6. The van der Waals surface area contributed by atoms with E-state index in [0.29, 0.717) is 22.2 Å². The Morgan fingerprint density at radius 2 is 1.92 bits per heavy atom. The number of thiophene rings is 1. The van der Waals surface area contributed by atoms with Crippen molar-refractivity contribution in [3.05, 3.63) is 51.4 Å². The van der Waals surface area contributed by atoms with Crippen molar-refractivity contribution in [3.63, 3.8) is 0 Å². The predicted molar refractivity (Wildman–Crippen MR) is 103 cm³/mol. The van der Waals surface area contributed by atoms with Crippen LogP contribution in [-0.4, -0.2) is 31.6 Å². The second-order valence-corrected chi connectivity index (χ2v) is 8.11. The summed E-state index contributed by atoms with van der Waals surface area (Å²) in [6, 6.07) is 7.91. The number of hydrogen-bond acceptors (Lipinski definition) is 4. The highest BCUT2D eigenvalue weighted by Crippen LogP contribution is 2.35. The normalized spacial score (nSPS) is 16.3. The lowest BCUT2D eigenvalue weighted by atomic mass is 10.0. The molecular weight excluding hydrogens is 348 g/mol. The Balaban J connectivity index is 1.92. The molecule has 2 aromatic rings. The lowest BCUT2D eigenvalue weighted by Crippen LogP contribution is -3.14. The van der Waals surface area contributed by atoms with E-state index in [4.69, 9.17) is 4.74 Å². The molecule has 3 rings (SSSR count). The van der Waals surface area contributed by atoms with Gasteiger partial charge in [0.15, 0.2) is 0 Å². The van der Waals surface area contributed by atoms with Crippen LogP contribution in [0.2, 0.25) is 0 Å². The first-order valence-corrected chi connectivity index (χ1v) is 9.67. The number of esters is 1. The Morgan fingerprint density at radius 1 is 1.23 bits per heavy atom. The zero-order valence-corrected chi connectivity index (χ0v) is 16.5. The van der Waals surface area contributed by atoms with Gasteiger partial charge in [0.1, 0.15) is 11.5 Å². The average Bonchev–Trinajstić information content (AvgIpc) is 2.98. The van der Waals surface area contributed by atoms with Gasteiger partial charge in [-0.25, -0.2) is 4.79 Å². The molecule has 1 aromatic heterocycles. The lowest BCUT2D eigenvalue weighted by Gasteiger charge is -2.27. The Morgan fingerprint density at radius 3 is 2.54 bits per heavy atom. The molecule has 0 radical (unpaired) electrons. The van der Waals surface area contributed by atoms with Gasteiger partial charge >= 0.3 is 5.97 Å². The zero-order chi connectivity index (χ0) is 18.8. The number of methoxy groups -OCH3 is 1. The van der Waals surface area contributed by atoms with Crippen LogP contribution in [0, 0.1) is 6.92 Å². The van der Waals surface area contributed by atoms with Gasteiger partial charge in [-0.05, 0) is 38.5 Å². The van der Waals surface area contributed by atoms with Gasteiger partial charge in [-0.3, -0.25) is 4.79 Å². The highest BCUT2D eigenvalue weighted by atomic mass is 32.1. The summed E-state index contributed by atoms with van der Waals surface area (Å²) in [5.74, 6) is -0.587. The molecule has 2 heterocycles. The third-order valence-corrected chi connectivity index (χ3v) is 6.07. The van der Waals surface area contributed by atoms with Crippen molar-refractivity contribution in [3.8, 4) is 0 Å². The fraction of sp³-hybridized carbons (Fsp3) is 0.400. The number of ether oxygens (including phenoxy) is 1. The monoisotopic (exact) mass is 373 g/mol. The third-order valence-electron chi connectivity index (χ3n) is 4.92. The minimum atomic E-state index is -0.380. The molecule has 1 amide bonds. The third kappa shape index (κ3) is 3.66. The van der Waals surface area contributed by atoms with Gasteiger partial charge in [0.25, 0.3) is 5.91 Å². The Bertz CT molecular complexity index is 824. The van der Waals surface area contributed by atoms with Gasteiger partial charge < -0.3 is 15.0 Å². The smallest absolute Gasteiger partial charge is 0.341 e. The van der Waals surface area contributed by atoms with Gasteiger partial charge in [0, 0.05) is 12.0 Å². The number of aryl methyl sites for hydroxylation is 1. The molecule has 138 valence electrons. The Hall–Kier alpha value is -2.18. The maximum atomic E-state index is 12.6. The van der Waals surface area contributed by atoms with Crippen molar-refractivity contribution in [2.75, 3.05) is 19.0 Å². The van der Waals surface area contributed by atoms with Crippen LogP contribution in [0.5, 0.6) is 0 Å². The number of fused-ring (bicyclic) bond motifs is 1. The second kappa shape index (κ2) is 7.60. The minimum Gasteiger partial charge on any atom is -0.465 e. The number of nitrogens with one attached hydrogen (secondary N) is 2. The summed E-state index contributed by atoms with van der Waals surface area (Å²) in [7, 11) is 1.38. The largest absolute Gasteiger partial charge is 0.465 e. The number of anilines is 1. The SMILES string of the molecule is COC(=O)c1c(NC(=O)c2ccc(C)cc2)sc2c1CC[NH+](C(C)C)C2. The van der Waals surface area contributed by atoms with Gasteiger partial charge in [-0.2, -0.15) is 0 Å². The van der Waals surface area contributed by atoms with Crippen LogP contribution in [0.25, 0.3) is 0 Å². The summed E-state index contributed by atoms with van der Waals surface area (Å²) >= 11 is 1.50. The van der Waals surface area contributed by atoms with E-state index in [1.165, 1.54) is 28.2 Å². The summed E-state index contributed by atoms with van der Waals surface area (Å²) in [6.07, 6.45) is 0.824. The lowest BCUT2D eigenvalue weighted by molar-refractivity contribution is -0.936. The number of benzene rings is 1. The molecule has 5 nitrogen and oxygen atoms in total. The molecule has 0 saturated carbocycles. The van der Waals surface area contributed by atoms with Crippen molar-refractivity contribution < 1.29 is 19.2 Å². The first-order chi connectivity index (χ1) is 12.4. The standard InChI is InChI=1S/C20H24N2O3S/c1-12(2)22-10-9-15-16(11-22)26-19(17(15)20(24)25-4)21-18(23)14-7-5-13(3)6-8-14/h5-8,12H,9-11H2,1-4H3,(H,21,23)/p+1. The fourth-order valence-electron chi connectivity index (χ4n) is 3.28. The van der Waals surface area contributed by atoms with Crippen LogP contribution in [0.15, 0.2) is 24.3 Å². The molecule has 1 atom stereocenters. The highest BCUT2D eigenvalue weighted by Gasteiger charge is 2.32. The van der Waals surface area contributed by atoms with Gasteiger partial charge in [0.2, 0.25) is 0 Å². The molecule has 1 unspecified atom stereocenters. The van der Waals surface area contributed by atoms with Gasteiger partial charge in [0.05, 0.1) is 30.1 Å². The minimum absolute atomic E-state index is 0.207. The van der Waals surface area contributed by atoms with Gasteiger partial charge in [-0.1, -0.05) is 17.7 Å². The van der Waals surface area contributed by atoms with E-state index in [-0.39, 0.29) is 11.9 Å². The molecule has 1 aromatic carbocycles. The molecule has 1 aliphatic rings. The number of rotatable bonds is 4. The van der Waals surface area contributed by atoms with Crippen LogP contribution in [-0.2, 0) is 17.7 Å². The quantitative estimate of drug-likeness (QED) is 0.810. The predicted octanol–water partition coefficient (Wildman–Crippen LogP) is 2.44. The van der Waals surface area contributed by atoms with E-state index in [1.54, 1.807) is 12.1 Å². The maximum Gasteiger partial charge on any atom is 0.341 e. The van der Waals surface area contributed by atoms with E-state index in [1.807, 2.05) is 19.1 Å². The number of quaternary nitrogens is 1. The molecule has 6 heteroatoms. The van der Waals surface area contributed by atoms with Crippen molar-refractivity contribution in [2.45, 2.75) is 39.8 Å². The van der Waals surface area contributed by atoms with E-state index in [0.717, 1.165) is 30.6 Å². The summed E-state index contributed by atoms with van der Waals surface area (Å²) in [5, 5.41) is 3.53. The number of hydrogen-bond donors (Lipinski definition) is 2. The molecule has 1 aliphatic heterocycles. The second-order valence-electron chi connectivity index (χ2n) is 7.01. The molecule has 0 aliphatic carbocycles. The highest BCUT2D eigenvalue weighted by molar-refractivity contribution is 7.17. The molecular formula is C20H25N2O3S+. The van der Waals surface area contributed by atoms with Crippen LogP contribution in [0.1, 0.15) is 50.6 Å². The number of carbonyl (C=O) groups excluding carboxylic acids is 2. The molecule has 0 spiro atoms. The topological polar surface area (TPSA) is 59.8 Å². The zero-order valence-electron chi connectivity index (χ0n) is 15.6. The van der Waals surface area contributed by atoms with Crippen LogP contribution in [0.3, 0.4) is 0 Å². The molecule has 0 fully saturated rings. The maximum absolute atomic E-state index is 12.6. The summed E-state index contributed by atoms with van der Waals surface area (Å²) in [5.41, 5.74) is 3.23. The molecule has 0 saturated heterocycles. The van der Waals surface area contributed by atoms with Crippen molar-refractivity contribution in [1.82, 2.24) is 0 Å². The van der Waals surface area contributed by atoms with E-state index in [2.05, 4.69) is 19.2 Å². The Kier molecular flexibility index (Phi) is 5.44. The summed E-state index contributed by atoms with van der Waals surface area (Å²) < 4.78 is 4.99. The van der Waals surface area contributed by atoms with Crippen molar-refractivity contribution in [2.24, 2.45) is 0 Å². The van der Waals surface area contributed by atoms with E-state index in [9.17, 15) is 9.59 Å². The number of amides is 1. The van der Waals surface area contributed by atoms with Crippen LogP contribution >= 0.6 is 11.3 Å². The van der Waals surface area contributed by atoms with Crippen molar-refractivity contribution >= 4 is 28.2 Å². The molecule has 26 heavy (non-hydrogen) atoms. The molecule has 0 bridgehead atoms. The number of carbonyl (C=O) groups is 2. The summed E-state index contributed by atoms with van der Waals surface area (Å²) in [6.45, 7) is 8.25. The average molecular weight is 373 g/mol. The van der Waals surface area contributed by atoms with Crippen molar-refractivity contribution in [1.29, 1.82) is 0 Å². The van der Waals surface area contributed by atoms with E-state index < -0.39 is 0 Å². The van der Waals surface area contributed by atoms with Crippen LogP contribution < -0.4 is 10.2 Å².